The van der Waals surface area contributed by atoms with Gasteiger partial charge in [-0.2, -0.15) is 0 Å². The van der Waals surface area contributed by atoms with E-state index in [2.05, 4.69) is 20.5 Å². The number of carbonyl (C=O) groups excluding carboxylic acids is 2. The molecule has 1 fully saturated rings. The van der Waals surface area contributed by atoms with E-state index in [9.17, 15) is 9.59 Å². The number of rotatable bonds is 6. The number of aryl methyl sites for hydroxylation is 2. The molecule has 2 aromatic heterocycles. The van der Waals surface area contributed by atoms with E-state index in [0.717, 1.165) is 24.0 Å². The van der Waals surface area contributed by atoms with Gasteiger partial charge >= 0.3 is 0 Å². The summed E-state index contributed by atoms with van der Waals surface area (Å²) in [5.41, 5.74) is 2.00. The van der Waals surface area contributed by atoms with Crippen LogP contribution in [0.25, 0.3) is 11.5 Å². The predicted molar refractivity (Wildman–Crippen MR) is 120 cm³/mol. The Labute approximate surface area is 191 Å². The predicted octanol–water partition coefficient (Wildman–Crippen LogP) is 3.90. The van der Waals surface area contributed by atoms with E-state index in [-0.39, 0.29) is 24.2 Å². The van der Waals surface area contributed by atoms with E-state index in [4.69, 9.17) is 16.0 Å². The zero-order chi connectivity index (χ0) is 22.5. The maximum absolute atomic E-state index is 12.7. The molecule has 0 radical (unpaired) electrons. The van der Waals surface area contributed by atoms with Gasteiger partial charge in [-0.05, 0) is 44.0 Å². The van der Waals surface area contributed by atoms with Crippen molar-refractivity contribution >= 4 is 29.2 Å². The summed E-state index contributed by atoms with van der Waals surface area (Å²) in [6.45, 7) is 3.04. The van der Waals surface area contributed by atoms with Crippen molar-refractivity contribution in [2.75, 3.05) is 18.4 Å². The minimum absolute atomic E-state index is 0.0257. The molecule has 0 aliphatic carbocycles. The molecule has 1 aromatic carbocycles. The maximum Gasteiger partial charge on any atom is 0.247 e. The van der Waals surface area contributed by atoms with E-state index in [1.165, 1.54) is 6.20 Å². The molecule has 1 N–H and O–H groups in total. The van der Waals surface area contributed by atoms with E-state index in [1.807, 2.05) is 31.2 Å². The number of nitrogens with one attached hydrogen (secondary N) is 1. The van der Waals surface area contributed by atoms with Gasteiger partial charge in [0.2, 0.25) is 23.6 Å². The van der Waals surface area contributed by atoms with Gasteiger partial charge in [0.1, 0.15) is 5.82 Å². The van der Waals surface area contributed by atoms with E-state index < -0.39 is 0 Å². The van der Waals surface area contributed by atoms with Crippen molar-refractivity contribution < 1.29 is 14.0 Å². The van der Waals surface area contributed by atoms with Crippen LogP contribution >= 0.6 is 11.6 Å². The number of hydrogen-bond acceptors (Lipinski definition) is 6. The normalized spacial score (nSPS) is 16.1. The molecule has 2 amide bonds. The second-order valence-electron chi connectivity index (χ2n) is 7.90. The molecule has 0 bridgehead atoms. The standard InChI is InChI=1S/C23H24ClN5O3/c1-15-4-6-16(7-5-15)23-28-27-20(32-23)10-11-21(30)29-12-2-3-17(14-29)22(31)26-19-9-8-18(24)13-25-19/h4-9,13,17H,2-3,10-12,14H2,1H3,(H,25,26,31)/t17-/m0/s1. The van der Waals surface area contributed by atoms with Crippen LogP contribution in [0.2, 0.25) is 5.02 Å². The van der Waals surface area contributed by atoms with Crippen molar-refractivity contribution in [3.05, 3.63) is 59.1 Å². The summed E-state index contributed by atoms with van der Waals surface area (Å²) in [6.07, 6.45) is 3.60. The molecular weight excluding hydrogens is 430 g/mol. The van der Waals surface area contributed by atoms with Gasteiger partial charge in [-0.15, -0.1) is 10.2 Å². The lowest BCUT2D eigenvalue weighted by Crippen LogP contribution is -2.43. The minimum atomic E-state index is -0.276. The number of hydrogen-bond donors (Lipinski definition) is 1. The lowest BCUT2D eigenvalue weighted by molar-refractivity contribution is -0.134. The van der Waals surface area contributed by atoms with Crippen molar-refractivity contribution in [3.63, 3.8) is 0 Å². The first-order valence-corrected chi connectivity index (χ1v) is 11.0. The number of benzene rings is 1. The van der Waals surface area contributed by atoms with Gasteiger partial charge in [0.05, 0.1) is 10.9 Å². The summed E-state index contributed by atoms with van der Waals surface area (Å²) in [4.78, 5) is 31.2. The molecule has 1 atom stereocenters. The monoisotopic (exact) mass is 453 g/mol. The molecule has 1 saturated heterocycles. The summed E-state index contributed by atoms with van der Waals surface area (Å²) >= 11 is 5.83. The Bertz CT molecular complexity index is 1080. The van der Waals surface area contributed by atoms with Crippen LogP contribution < -0.4 is 5.32 Å². The van der Waals surface area contributed by atoms with Gasteiger partial charge < -0.3 is 14.6 Å². The Morgan fingerprint density at radius 1 is 1.19 bits per heavy atom. The SMILES string of the molecule is Cc1ccc(-c2nnc(CCC(=O)N3CCC[C@H](C(=O)Nc4ccc(Cl)cn4)C3)o2)cc1. The van der Waals surface area contributed by atoms with Crippen LogP contribution in [0.1, 0.15) is 30.7 Å². The van der Waals surface area contributed by atoms with Crippen molar-refractivity contribution in [1.29, 1.82) is 0 Å². The molecule has 1 aliphatic rings. The highest BCUT2D eigenvalue weighted by Crippen LogP contribution is 2.21. The Balaban J connectivity index is 1.29. The van der Waals surface area contributed by atoms with Gasteiger partial charge in [0, 0.05) is 37.7 Å². The summed E-state index contributed by atoms with van der Waals surface area (Å²) in [7, 11) is 0. The van der Waals surface area contributed by atoms with Crippen LogP contribution in [0.3, 0.4) is 0 Å². The molecule has 9 heteroatoms. The molecule has 3 heterocycles. The molecule has 1 aliphatic heterocycles. The molecule has 166 valence electrons. The highest BCUT2D eigenvalue weighted by atomic mass is 35.5. The first-order chi connectivity index (χ1) is 15.5. The molecule has 0 spiro atoms. The Morgan fingerprint density at radius 2 is 2.00 bits per heavy atom. The molecule has 3 aromatic rings. The van der Waals surface area contributed by atoms with Crippen LogP contribution in [0.15, 0.2) is 47.0 Å². The summed E-state index contributed by atoms with van der Waals surface area (Å²) in [6, 6.07) is 11.1. The Morgan fingerprint density at radius 3 is 2.75 bits per heavy atom. The van der Waals surface area contributed by atoms with E-state index in [1.54, 1.807) is 17.0 Å². The lowest BCUT2D eigenvalue weighted by atomic mass is 9.96. The van der Waals surface area contributed by atoms with Gasteiger partial charge in [0.25, 0.3) is 0 Å². The first-order valence-electron chi connectivity index (χ1n) is 10.6. The van der Waals surface area contributed by atoms with Crippen molar-refractivity contribution in [2.45, 2.75) is 32.6 Å². The third-order valence-corrected chi connectivity index (χ3v) is 5.67. The number of amides is 2. The number of likely N-dealkylation sites (tertiary alicyclic amines) is 1. The first kappa shape index (κ1) is 22.0. The number of piperidine rings is 1. The second kappa shape index (κ2) is 9.91. The highest BCUT2D eigenvalue weighted by molar-refractivity contribution is 6.30. The third kappa shape index (κ3) is 5.50. The summed E-state index contributed by atoms with van der Waals surface area (Å²) in [5.74, 6) is 0.872. The third-order valence-electron chi connectivity index (χ3n) is 5.44. The van der Waals surface area contributed by atoms with Crippen molar-refractivity contribution in [3.8, 4) is 11.5 Å². The van der Waals surface area contributed by atoms with Crippen LogP contribution in [0.4, 0.5) is 5.82 Å². The molecule has 32 heavy (non-hydrogen) atoms. The number of pyridine rings is 1. The fourth-order valence-corrected chi connectivity index (χ4v) is 3.75. The van der Waals surface area contributed by atoms with Gasteiger partial charge in [-0.1, -0.05) is 29.3 Å². The van der Waals surface area contributed by atoms with Gasteiger partial charge in [-0.25, -0.2) is 4.98 Å². The lowest BCUT2D eigenvalue weighted by Gasteiger charge is -2.32. The smallest absolute Gasteiger partial charge is 0.247 e. The highest BCUT2D eigenvalue weighted by Gasteiger charge is 2.28. The molecule has 0 saturated carbocycles. The molecule has 8 nitrogen and oxygen atoms in total. The average Bonchev–Trinajstić information content (AvgIpc) is 3.28. The zero-order valence-electron chi connectivity index (χ0n) is 17.8. The van der Waals surface area contributed by atoms with Crippen LogP contribution in [0, 0.1) is 12.8 Å². The fraction of sp³-hybridized carbons (Fsp3) is 0.348. The number of aromatic nitrogens is 3. The largest absolute Gasteiger partial charge is 0.421 e. The van der Waals surface area contributed by atoms with Crippen molar-refractivity contribution in [1.82, 2.24) is 20.1 Å². The fourth-order valence-electron chi connectivity index (χ4n) is 3.64. The van der Waals surface area contributed by atoms with E-state index >= 15 is 0 Å². The van der Waals surface area contributed by atoms with Gasteiger partial charge in [0.15, 0.2) is 0 Å². The summed E-state index contributed by atoms with van der Waals surface area (Å²) < 4.78 is 5.71. The molecule has 0 unspecified atom stereocenters. The minimum Gasteiger partial charge on any atom is -0.421 e. The Kier molecular flexibility index (Phi) is 6.80. The molecular formula is C23H24ClN5O3. The quantitative estimate of drug-likeness (QED) is 0.607. The zero-order valence-corrected chi connectivity index (χ0v) is 18.5. The number of anilines is 1. The average molecular weight is 454 g/mol. The maximum atomic E-state index is 12.7. The Hall–Kier alpha value is -3.26. The summed E-state index contributed by atoms with van der Waals surface area (Å²) in [5, 5.41) is 11.4. The van der Waals surface area contributed by atoms with Crippen LogP contribution in [-0.4, -0.2) is 45.0 Å². The topological polar surface area (TPSA) is 101 Å². The van der Waals surface area contributed by atoms with Gasteiger partial charge in [-0.3, -0.25) is 9.59 Å². The van der Waals surface area contributed by atoms with E-state index in [0.29, 0.717) is 42.1 Å². The van der Waals surface area contributed by atoms with Crippen molar-refractivity contribution in [2.24, 2.45) is 5.92 Å². The number of nitrogens with zero attached hydrogens (tertiary/aromatic N) is 4. The number of halogens is 1. The van der Waals surface area contributed by atoms with Crippen LogP contribution in [-0.2, 0) is 16.0 Å². The van der Waals surface area contributed by atoms with Crippen LogP contribution in [0.5, 0.6) is 0 Å². The number of carbonyl (C=O) groups is 2. The second-order valence-corrected chi connectivity index (χ2v) is 8.33. The molecule has 4 rings (SSSR count).